The average molecular weight is 226 g/mol. The first-order chi connectivity index (χ1) is 8.35. The molecule has 0 aromatic heterocycles. The molecule has 0 spiro atoms. The van der Waals surface area contributed by atoms with Gasteiger partial charge in [-0.2, -0.15) is 0 Å². The second kappa shape index (κ2) is 5.89. The summed E-state index contributed by atoms with van der Waals surface area (Å²) in [7, 11) is 0. The van der Waals surface area contributed by atoms with Gasteiger partial charge in [-0.05, 0) is 36.3 Å². The maximum absolute atomic E-state index is 3.79. The van der Waals surface area contributed by atoms with Gasteiger partial charge in [-0.15, -0.1) is 5.73 Å². The van der Waals surface area contributed by atoms with Crippen LogP contribution in [0.2, 0.25) is 0 Å². The van der Waals surface area contributed by atoms with Gasteiger partial charge in [0.25, 0.3) is 0 Å². The maximum Gasteiger partial charge on any atom is -0.000236 e. The third-order valence-corrected chi connectivity index (χ3v) is 3.91. The topological polar surface area (TPSA) is 0 Å². The number of rotatable bonds is 3. The number of allylic oxidation sites excluding steroid dienone is 1. The van der Waals surface area contributed by atoms with Crippen molar-refractivity contribution in [3.05, 3.63) is 54.3 Å². The monoisotopic (exact) mass is 226 g/mol. The zero-order chi connectivity index (χ0) is 12.0. The minimum atomic E-state index is 0.319. The van der Waals surface area contributed by atoms with E-state index in [1.54, 1.807) is 0 Å². The van der Waals surface area contributed by atoms with Crippen LogP contribution in [0.1, 0.15) is 44.1 Å². The van der Waals surface area contributed by atoms with Crippen LogP contribution in [0.15, 0.2) is 48.7 Å². The van der Waals surface area contributed by atoms with Crippen LogP contribution < -0.4 is 0 Å². The smallest absolute Gasteiger partial charge is 0.000236 e. The molecule has 1 aliphatic rings. The highest BCUT2D eigenvalue weighted by atomic mass is 14.3. The van der Waals surface area contributed by atoms with Gasteiger partial charge in [0.15, 0.2) is 0 Å². The number of hydrogen-bond donors (Lipinski definition) is 0. The van der Waals surface area contributed by atoms with Crippen molar-refractivity contribution in [3.8, 4) is 0 Å². The molecule has 90 valence electrons. The summed E-state index contributed by atoms with van der Waals surface area (Å²) >= 11 is 0. The summed E-state index contributed by atoms with van der Waals surface area (Å²) in [6, 6.07) is 10.8. The Morgan fingerprint density at radius 3 is 2.29 bits per heavy atom. The van der Waals surface area contributed by atoms with Gasteiger partial charge in [-0.3, -0.25) is 0 Å². The molecule has 1 aromatic rings. The fraction of sp³-hybridized carbons (Fsp3) is 0.471. The van der Waals surface area contributed by atoms with E-state index in [9.17, 15) is 0 Å². The van der Waals surface area contributed by atoms with Crippen LogP contribution in [0.4, 0.5) is 0 Å². The molecule has 0 atom stereocenters. The minimum absolute atomic E-state index is 0.319. The predicted molar refractivity (Wildman–Crippen MR) is 74.0 cm³/mol. The van der Waals surface area contributed by atoms with Gasteiger partial charge in [0.05, 0.1) is 0 Å². The summed E-state index contributed by atoms with van der Waals surface area (Å²) in [6.45, 7) is 3.79. The van der Waals surface area contributed by atoms with Crippen molar-refractivity contribution >= 4 is 0 Å². The van der Waals surface area contributed by atoms with Crippen molar-refractivity contribution in [1.82, 2.24) is 0 Å². The summed E-state index contributed by atoms with van der Waals surface area (Å²) in [4.78, 5) is 0. The summed E-state index contributed by atoms with van der Waals surface area (Å²) in [5.74, 6) is 0. The second-order valence-electron chi connectivity index (χ2n) is 5.29. The Balaban J connectivity index is 2.18. The predicted octanol–water partition coefficient (Wildman–Crippen LogP) is 4.91. The van der Waals surface area contributed by atoms with E-state index in [2.05, 4.69) is 48.7 Å². The molecule has 1 saturated carbocycles. The molecule has 0 nitrogen and oxygen atoms in total. The van der Waals surface area contributed by atoms with Crippen LogP contribution in [0.5, 0.6) is 0 Å². The Morgan fingerprint density at radius 1 is 1.06 bits per heavy atom. The Hall–Kier alpha value is -1.26. The van der Waals surface area contributed by atoms with Gasteiger partial charge < -0.3 is 0 Å². The first kappa shape index (κ1) is 12.2. The molecule has 0 saturated heterocycles. The molecule has 0 heterocycles. The summed E-state index contributed by atoms with van der Waals surface area (Å²) in [6.07, 6.45) is 11.5. The highest BCUT2D eigenvalue weighted by Crippen LogP contribution is 2.39. The van der Waals surface area contributed by atoms with E-state index in [1.807, 2.05) is 0 Å². The van der Waals surface area contributed by atoms with Crippen molar-refractivity contribution < 1.29 is 0 Å². The molecule has 0 amide bonds. The molecule has 0 unspecified atom stereocenters. The fourth-order valence-corrected chi connectivity index (χ4v) is 3.02. The minimum Gasteiger partial charge on any atom is -0.132 e. The molecule has 17 heavy (non-hydrogen) atoms. The van der Waals surface area contributed by atoms with Gasteiger partial charge in [0.2, 0.25) is 0 Å². The molecule has 1 aliphatic carbocycles. The van der Waals surface area contributed by atoms with Crippen molar-refractivity contribution in [3.63, 3.8) is 0 Å². The molecule has 0 radical (unpaired) electrons. The van der Waals surface area contributed by atoms with Crippen LogP contribution in [0.3, 0.4) is 0 Å². The molecule has 0 N–H and O–H groups in total. The van der Waals surface area contributed by atoms with Crippen molar-refractivity contribution in [1.29, 1.82) is 0 Å². The van der Waals surface area contributed by atoms with Crippen LogP contribution >= 0.6 is 0 Å². The first-order valence-electron chi connectivity index (χ1n) is 6.76. The SMILES string of the molecule is C=C=CC1(Cc2ccccc2)CCCCCC1. The van der Waals surface area contributed by atoms with E-state index in [4.69, 9.17) is 0 Å². The standard InChI is InChI=1S/C17H22/c1-2-12-17(13-8-3-4-9-14-17)15-16-10-6-5-7-11-16/h5-7,10-12H,1,3-4,8-9,13-15H2. The van der Waals surface area contributed by atoms with E-state index in [0.717, 1.165) is 6.42 Å². The summed E-state index contributed by atoms with van der Waals surface area (Å²) in [5, 5.41) is 0. The van der Waals surface area contributed by atoms with E-state index in [-0.39, 0.29) is 0 Å². The molecule has 0 aliphatic heterocycles. The average Bonchev–Trinajstić information content (AvgIpc) is 2.57. The van der Waals surface area contributed by atoms with Crippen LogP contribution in [0.25, 0.3) is 0 Å². The first-order valence-corrected chi connectivity index (χ1v) is 6.76. The Labute approximate surface area is 105 Å². The van der Waals surface area contributed by atoms with E-state index < -0.39 is 0 Å². The molecular weight excluding hydrogens is 204 g/mol. The fourth-order valence-electron chi connectivity index (χ4n) is 3.02. The molecule has 1 fully saturated rings. The van der Waals surface area contributed by atoms with Crippen LogP contribution in [0, 0.1) is 5.41 Å². The molecule has 2 rings (SSSR count). The zero-order valence-electron chi connectivity index (χ0n) is 10.6. The van der Waals surface area contributed by atoms with Crippen LogP contribution in [-0.4, -0.2) is 0 Å². The van der Waals surface area contributed by atoms with Gasteiger partial charge in [0, 0.05) is 0 Å². The second-order valence-corrected chi connectivity index (χ2v) is 5.29. The lowest BCUT2D eigenvalue weighted by atomic mass is 9.75. The Bertz CT molecular complexity index is 374. The van der Waals surface area contributed by atoms with Gasteiger partial charge in [-0.25, -0.2) is 0 Å². The molecular formula is C17H22. The highest BCUT2D eigenvalue weighted by molar-refractivity contribution is 5.19. The van der Waals surface area contributed by atoms with Gasteiger partial charge >= 0.3 is 0 Å². The lowest BCUT2D eigenvalue weighted by Gasteiger charge is -2.28. The van der Waals surface area contributed by atoms with Gasteiger partial charge in [-0.1, -0.05) is 62.6 Å². The van der Waals surface area contributed by atoms with E-state index in [1.165, 1.54) is 44.1 Å². The normalized spacial score (nSPS) is 19.1. The van der Waals surface area contributed by atoms with Crippen molar-refractivity contribution in [2.75, 3.05) is 0 Å². The summed E-state index contributed by atoms with van der Waals surface area (Å²) in [5.41, 5.74) is 4.82. The lowest BCUT2D eigenvalue weighted by molar-refractivity contribution is 0.327. The quantitative estimate of drug-likeness (QED) is 0.507. The summed E-state index contributed by atoms with van der Waals surface area (Å²) < 4.78 is 0. The number of hydrogen-bond acceptors (Lipinski definition) is 0. The van der Waals surface area contributed by atoms with Gasteiger partial charge in [0.1, 0.15) is 0 Å². The van der Waals surface area contributed by atoms with Crippen molar-refractivity contribution in [2.45, 2.75) is 44.9 Å². The molecule has 0 heteroatoms. The maximum atomic E-state index is 3.79. The molecule has 1 aromatic carbocycles. The lowest BCUT2D eigenvalue weighted by Crippen LogP contribution is -2.20. The Morgan fingerprint density at radius 2 is 1.71 bits per heavy atom. The van der Waals surface area contributed by atoms with E-state index in [0.29, 0.717) is 5.41 Å². The Kier molecular flexibility index (Phi) is 4.23. The molecule has 0 bridgehead atoms. The van der Waals surface area contributed by atoms with Crippen LogP contribution in [-0.2, 0) is 6.42 Å². The largest absolute Gasteiger partial charge is 0.132 e. The third-order valence-electron chi connectivity index (χ3n) is 3.91. The third kappa shape index (κ3) is 3.35. The van der Waals surface area contributed by atoms with E-state index >= 15 is 0 Å². The highest BCUT2D eigenvalue weighted by Gasteiger charge is 2.28. The zero-order valence-corrected chi connectivity index (χ0v) is 10.6. The van der Waals surface area contributed by atoms with Crippen molar-refractivity contribution in [2.24, 2.45) is 5.41 Å². The number of benzene rings is 1.